The van der Waals surface area contributed by atoms with Crippen LogP contribution < -0.4 is 10.6 Å². The molecule has 2 heterocycles. The van der Waals surface area contributed by atoms with Crippen molar-refractivity contribution in [2.24, 2.45) is 0 Å². The first-order chi connectivity index (χ1) is 8.91. The summed E-state index contributed by atoms with van der Waals surface area (Å²) in [5, 5.41) is 5.48. The molecule has 0 unspecified atom stereocenters. The molecule has 0 bridgehead atoms. The maximum atomic E-state index is 12.2. The first-order valence-corrected chi connectivity index (χ1v) is 6.49. The molecule has 0 aromatic carbocycles. The third-order valence-corrected chi connectivity index (χ3v) is 3.73. The van der Waals surface area contributed by atoms with Crippen molar-refractivity contribution in [2.75, 3.05) is 39.3 Å². The van der Waals surface area contributed by atoms with E-state index >= 15 is 0 Å². The van der Waals surface area contributed by atoms with Crippen LogP contribution in [0.25, 0.3) is 0 Å². The molecule has 2 saturated heterocycles. The van der Waals surface area contributed by atoms with Gasteiger partial charge in [-0.05, 0) is 13.8 Å². The van der Waals surface area contributed by atoms with Crippen LogP contribution in [0.2, 0.25) is 0 Å². The van der Waals surface area contributed by atoms with Crippen LogP contribution in [0.15, 0.2) is 0 Å². The molecule has 7 nitrogen and oxygen atoms in total. The predicted molar refractivity (Wildman–Crippen MR) is 68.3 cm³/mol. The van der Waals surface area contributed by atoms with Crippen LogP contribution in [0.1, 0.15) is 13.8 Å². The van der Waals surface area contributed by atoms with Gasteiger partial charge in [0, 0.05) is 26.2 Å². The lowest BCUT2D eigenvalue weighted by Crippen LogP contribution is -2.65. The van der Waals surface area contributed by atoms with Crippen molar-refractivity contribution in [1.29, 1.82) is 0 Å². The molecule has 0 saturated carbocycles. The van der Waals surface area contributed by atoms with E-state index in [1.165, 1.54) is 0 Å². The molecule has 2 aliphatic rings. The molecule has 2 rings (SSSR count). The van der Waals surface area contributed by atoms with E-state index in [0.29, 0.717) is 13.1 Å². The van der Waals surface area contributed by atoms with Crippen LogP contribution in [0.3, 0.4) is 0 Å². The average molecular weight is 268 g/mol. The van der Waals surface area contributed by atoms with Crippen molar-refractivity contribution >= 4 is 17.7 Å². The molecule has 2 aliphatic heterocycles. The molecule has 0 radical (unpaired) electrons. The Labute approximate surface area is 112 Å². The van der Waals surface area contributed by atoms with Crippen molar-refractivity contribution in [3.8, 4) is 0 Å². The van der Waals surface area contributed by atoms with E-state index in [0.717, 1.165) is 13.1 Å². The second-order valence-electron chi connectivity index (χ2n) is 5.42. The average Bonchev–Trinajstić information content (AvgIpc) is 2.37. The molecule has 7 heteroatoms. The quantitative estimate of drug-likeness (QED) is 0.575. The third kappa shape index (κ3) is 2.93. The molecule has 0 aliphatic carbocycles. The summed E-state index contributed by atoms with van der Waals surface area (Å²) in [6.45, 7) is 6.55. The SMILES string of the molecule is CC1(C)C(=O)NC(=O)CN1CC(=O)N1CCNCC1. The number of carbonyl (C=O) groups excluding carboxylic acids is 3. The number of hydrogen-bond acceptors (Lipinski definition) is 5. The molecule has 0 atom stereocenters. The lowest BCUT2D eigenvalue weighted by Gasteiger charge is -2.40. The van der Waals surface area contributed by atoms with E-state index in [1.807, 2.05) is 0 Å². The minimum Gasteiger partial charge on any atom is -0.339 e. The maximum absolute atomic E-state index is 12.2. The number of nitrogens with one attached hydrogen (secondary N) is 2. The summed E-state index contributed by atoms with van der Waals surface area (Å²) in [6, 6.07) is 0. The molecule has 0 aromatic rings. The van der Waals surface area contributed by atoms with Gasteiger partial charge in [-0.1, -0.05) is 0 Å². The van der Waals surface area contributed by atoms with Gasteiger partial charge in [-0.25, -0.2) is 0 Å². The van der Waals surface area contributed by atoms with E-state index < -0.39 is 5.54 Å². The van der Waals surface area contributed by atoms with Gasteiger partial charge < -0.3 is 10.2 Å². The Bertz CT molecular complexity index is 402. The lowest BCUT2D eigenvalue weighted by molar-refractivity contribution is -0.148. The summed E-state index contributed by atoms with van der Waals surface area (Å²) >= 11 is 0. The fraction of sp³-hybridized carbons (Fsp3) is 0.750. The Balaban J connectivity index is 2.01. The molecule has 2 fully saturated rings. The number of amides is 3. The molecule has 3 amide bonds. The zero-order valence-electron chi connectivity index (χ0n) is 11.4. The molecule has 106 valence electrons. The summed E-state index contributed by atoms with van der Waals surface area (Å²) in [7, 11) is 0. The fourth-order valence-corrected chi connectivity index (χ4v) is 2.26. The third-order valence-electron chi connectivity index (χ3n) is 3.73. The Kier molecular flexibility index (Phi) is 3.86. The molecule has 19 heavy (non-hydrogen) atoms. The van der Waals surface area contributed by atoms with Gasteiger partial charge >= 0.3 is 0 Å². The lowest BCUT2D eigenvalue weighted by atomic mass is 9.98. The highest BCUT2D eigenvalue weighted by atomic mass is 16.2. The summed E-state index contributed by atoms with van der Waals surface area (Å²) in [4.78, 5) is 38.8. The molecule has 0 spiro atoms. The van der Waals surface area contributed by atoms with E-state index in [1.54, 1.807) is 23.6 Å². The molecular weight excluding hydrogens is 248 g/mol. The van der Waals surface area contributed by atoms with Crippen molar-refractivity contribution < 1.29 is 14.4 Å². The highest BCUT2D eigenvalue weighted by molar-refractivity contribution is 6.03. The van der Waals surface area contributed by atoms with E-state index in [2.05, 4.69) is 10.6 Å². The van der Waals surface area contributed by atoms with Crippen LogP contribution in [-0.4, -0.2) is 72.3 Å². The first kappa shape index (κ1) is 14.0. The number of carbonyl (C=O) groups is 3. The van der Waals surface area contributed by atoms with Gasteiger partial charge in [-0.15, -0.1) is 0 Å². The second-order valence-corrected chi connectivity index (χ2v) is 5.42. The summed E-state index contributed by atoms with van der Waals surface area (Å²) in [5.41, 5.74) is -0.836. The second kappa shape index (κ2) is 5.26. The smallest absolute Gasteiger partial charge is 0.246 e. The summed E-state index contributed by atoms with van der Waals surface area (Å²) < 4.78 is 0. The van der Waals surface area contributed by atoms with Crippen molar-refractivity contribution in [3.63, 3.8) is 0 Å². The van der Waals surface area contributed by atoms with Crippen LogP contribution in [0.5, 0.6) is 0 Å². The van der Waals surface area contributed by atoms with Crippen LogP contribution in [0, 0.1) is 0 Å². The van der Waals surface area contributed by atoms with Gasteiger partial charge in [0.25, 0.3) is 0 Å². The standard InChI is InChI=1S/C12H20N4O3/c1-12(2)11(19)14-9(17)7-16(12)8-10(18)15-5-3-13-4-6-15/h13H,3-8H2,1-2H3,(H,14,17,19). The van der Waals surface area contributed by atoms with Gasteiger partial charge in [-0.2, -0.15) is 0 Å². The van der Waals surface area contributed by atoms with E-state index in [-0.39, 0.29) is 30.8 Å². The number of imide groups is 1. The number of piperazine rings is 2. The minimum atomic E-state index is -0.836. The van der Waals surface area contributed by atoms with Gasteiger partial charge in [0.2, 0.25) is 17.7 Å². The van der Waals surface area contributed by atoms with Gasteiger partial charge in [0.1, 0.15) is 0 Å². The van der Waals surface area contributed by atoms with Crippen molar-refractivity contribution in [3.05, 3.63) is 0 Å². The monoisotopic (exact) mass is 268 g/mol. The highest BCUT2D eigenvalue weighted by Crippen LogP contribution is 2.18. The Morgan fingerprint density at radius 2 is 1.89 bits per heavy atom. The molecular formula is C12H20N4O3. The van der Waals surface area contributed by atoms with E-state index in [9.17, 15) is 14.4 Å². The minimum absolute atomic E-state index is 0.0305. The van der Waals surface area contributed by atoms with Crippen molar-refractivity contribution in [1.82, 2.24) is 20.4 Å². The first-order valence-electron chi connectivity index (χ1n) is 6.49. The fourth-order valence-electron chi connectivity index (χ4n) is 2.26. The van der Waals surface area contributed by atoms with Gasteiger partial charge in [0.05, 0.1) is 18.6 Å². The molecule has 0 aromatic heterocycles. The van der Waals surface area contributed by atoms with Gasteiger partial charge in [-0.3, -0.25) is 24.6 Å². The summed E-state index contributed by atoms with van der Waals surface area (Å²) in [5.74, 6) is -0.730. The number of hydrogen-bond donors (Lipinski definition) is 2. The normalized spacial score (nSPS) is 24.2. The van der Waals surface area contributed by atoms with Crippen LogP contribution >= 0.6 is 0 Å². The Hall–Kier alpha value is -1.47. The zero-order valence-corrected chi connectivity index (χ0v) is 11.4. The Morgan fingerprint density at radius 1 is 1.26 bits per heavy atom. The van der Waals surface area contributed by atoms with Gasteiger partial charge in [0.15, 0.2) is 0 Å². The molecule has 2 N–H and O–H groups in total. The van der Waals surface area contributed by atoms with Crippen molar-refractivity contribution in [2.45, 2.75) is 19.4 Å². The zero-order chi connectivity index (χ0) is 14.0. The van der Waals surface area contributed by atoms with Crippen LogP contribution in [0.4, 0.5) is 0 Å². The highest BCUT2D eigenvalue weighted by Gasteiger charge is 2.42. The predicted octanol–water partition coefficient (Wildman–Crippen LogP) is -1.84. The Morgan fingerprint density at radius 3 is 2.53 bits per heavy atom. The van der Waals surface area contributed by atoms with Crippen LogP contribution in [-0.2, 0) is 14.4 Å². The summed E-state index contributed by atoms with van der Waals surface area (Å²) in [6.07, 6.45) is 0. The topological polar surface area (TPSA) is 81.8 Å². The van der Waals surface area contributed by atoms with E-state index in [4.69, 9.17) is 0 Å². The largest absolute Gasteiger partial charge is 0.339 e. The number of rotatable bonds is 2. The maximum Gasteiger partial charge on any atom is 0.246 e. The number of nitrogens with zero attached hydrogens (tertiary/aromatic N) is 2.